The predicted octanol–water partition coefficient (Wildman–Crippen LogP) is 17.1. The molecule has 10 aromatic carbocycles. The number of nitrogens with zero attached hydrogens (tertiary/aromatic N) is 1. The van der Waals surface area contributed by atoms with Crippen molar-refractivity contribution in [1.29, 1.82) is 0 Å². The number of para-hydroxylation sites is 1. The summed E-state index contributed by atoms with van der Waals surface area (Å²) in [5, 5.41) is 4.87. The molecule has 1 aliphatic carbocycles. The molecule has 13 rings (SSSR count). The van der Waals surface area contributed by atoms with Gasteiger partial charge in [0.1, 0.15) is 11.2 Å². The first-order chi connectivity index (χ1) is 31.7. The van der Waals surface area contributed by atoms with Gasteiger partial charge < -0.3 is 9.32 Å². The Bertz CT molecular complexity index is 3690. The molecule has 0 saturated heterocycles. The molecule has 0 saturated carbocycles. The van der Waals surface area contributed by atoms with Crippen LogP contribution in [0.2, 0.25) is 0 Å². The highest BCUT2D eigenvalue weighted by molar-refractivity contribution is 7.25. The molecular formula is C61H39NOS. The Morgan fingerprint density at radius 2 is 0.906 bits per heavy atom. The van der Waals surface area contributed by atoms with Crippen LogP contribution in [0.15, 0.2) is 241 Å². The standard InChI is InChI=1S/C61H39NOS/c1-3-15-44(16-4-1)61(45-17-5-2-6-18-45)55-23-10-7-20-49(55)52-39-48(32-33-56(52)61)62(46-30-26-40(27-31-46)42-29-35-60-54(38-42)51-22-9-12-25-59(51)64-60)47-19-13-14-41(36-47)43-28-34-58-53(37-43)50-21-8-11-24-57(50)63-58/h1-39H. The highest BCUT2D eigenvalue weighted by Crippen LogP contribution is 2.57. The van der Waals surface area contributed by atoms with Gasteiger partial charge in [-0.3, -0.25) is 0 Å². The van der Waals surface area contributed by atoms with Gasteiger partial charge in [-0.2, -0.15) is 0 Å². The van der Waals surface area contributed by atoms with E-state index in [0.717, 1.165) is 50.1 Å². The van der Waals surface area contributed by atoms with Crippen molar-refractivity contribution >= 4 is 70.5 Å². The van der Waals surface area contributed by atoms with Crippen molar-refractivity contribution in [1.82, 2.24) is 0 Å². The molecule has 2 heterocycles. The predicted molar refractivity (Wildman–Crippen MR) is 269 cm³/mol. The summed E-state index contributed by atoms with van der Waals surface area (Å²) in [7, 11) is 0. The van der Waals surface area contributed by atoms with Crippen LogP contribution >= 0.6 is 11.3 Å². The summed E-state index contributed by atoms with van der Waals surface area (Å²) in [4.78, 5) is 2.42. The van der Waals surface area contributed by atoms with Crippen LogP contribution in [0.1, 0.15) is 22.3 Å². The molecule has 0 atom stereocenters. The molecule has 3 heteroatoms. The van der Waals surface area contributed by atoms with E-state index in [9.17, 15) is 0 Å². The lowest BCUT2D eigenvalue weighted by Gasteiger charge is -2.34. The minimum atomic E-state index is -0.468. The zero-order valence-electron chi connectivity index (χ0n) is 34.8. The quantitative estimate of drug-likeness (QED) is 0.159. The number of thiophene rings is 1. The second kappa shape index (κ2) is 14.6. The minimum absolute atomic E-state index is 0.468. The molecule has 64 heavy (non-hydrogen) atoms. The lowest BCUT2D eigenvalue weighted by molar-refractivity contribution is 0.669. The fraction of sp³-hybridized carbons (Fsp3) is 0.0164. The first-order valence-corrected chi connectivity index (χ1v) is 22.7. The molecule has 2 aromatic heterocycles. The van der Waals surface area contributed by atoms with Gasteiger partial charge in [-0.25, -0.2) is 0 Å². The van der Waals surface area contributed by atoms with Crippen molar-refractivity contribution in [2.45, 2.75) is 5.41 Å². The van der Waals surface area contributed by atoms with Gasteiger partial charge in [0.05, 0.1) is 5.41 Å². The maximum atomic E-state index is 6.22. The second-order valence-electron chi connectivity index (χ2n) is 16.8. The molecule has 0 amide bonds. The maximum absolute atomic E-state index is 6.22. The van der Waals surface area contributed by atoms with E-state index in [4.69, 9.17) is 4.42 Å². The molecule has 0 aliphatic heterocycles. The van der Waals surface area contributed by atoms with Crippen LogP contribution in [0.3, 0.4) is 0 Å². The van der Waals surface area contributed by atoms with E-state index in [1.807, 2.05) is 23.5 Å². The van der Waals surface area contributed by atoms with Gasteiger partial charge in [0.15, 0.2) is 0 Å². The average Bonchev–Trinajstić information content (AvgIpc) is 4.03. The third-order valence-electron chi connectivity index (χ3n) is 13.4. The Kier molecular flexibility index (Phi) is 8.34. The Balaban J connectivity index is 0.984. The Hall–Kier alpha value is -7.98. The SMILES string of the molecule is c1ccc(C2(c3ccccc3)c3ccccc3-c3cc(N(c4ccc(-c5ccc6sc7ccccc7c6c5)cc4)c4cccc(-c5ccc6oc7ccccc7c6c5)c4)ccc32)cc1. The first-order valence-electron chi connectivity index (χ1n) is 21.9. The normalized spacial score (nSPS) is 12.8. The fourth-order valence-corrected chi connectivity index (χ4v) is 11.5. The van der Waals surface area contributed by atoms with Crippen LogP contribution in [-0.4, -0.2) is 0 Å². The topological polar surface area (TPSA) is 16.4 Å². The third kappa shape index (κ3) is 5.64. The number of fused-ring (bicyclic) bond motifs is 9. The van der Waals surface area contributed by atoms with Crippen LogP contribution in [0.25, 0.3) is 75.5 Å². The fourth-order valence-electron chi connectivity index (χ4n) is 10.5. The summed E-state index contributed by atoms with van der Waals surface area (Å²) in [6.45, 7) is 0. The number of hydrogen-bond acceptors (Lipinski definition) is 3. The number of furan rings is 1. The molecule has 0 spiro atoms. The van der Waals surface area contributed by atoms with E-state index >= 15 is 0 Å². The van der Waals surface area contributed by atoms with Crippen LogP contribution in [0, 0.1) is 0 Å². The zero-order chi connectivity index (χ0) is 42.2. The lowest BCUT2D eigenvalue weighted by atomic mass is 9.68. The Morgan fingerprint density at radius 3 is 1.73 bits per heavy atom. The van der Waals surface area contributed by atoms with Crippen LogP contribution in [-0.2, 0) is 5.41 Å². The van der Waals surface area contributed by atoms with Crippen LogP contribution < -0.4 is 4.90 Å². The Labute approximate surface area is 375 Å². The van der Waals surface area contributed by atoms with E-state index in [0.29, 0.717) is 0 Å². The highest BCUT2D eigenvalue weighted by Gasteiger charge is 2.46. The summed E-state index contributed by atoms with van der Waals surface area (Å²) in [6, 6.07) is 86.7. The van der Waals surface area contributed by atoms with Crippen molar-refractivity contribution in [2.24, 2.45) is 0 Å². The van der Waals surface area contributed by atoms with Gasteiger partial charge in [-0.15, -0.1) is 11.3 Å². The first kappa shape index (κ1) is 36.7. The minimum Gasteiger partial charge on any atom is -0.456 e. The average molecular weight is 834 g/mol. The van der Waals surface area contributed by atoms with Gasteiger partial charge in [-0.1, -0.05) is 164 Å². The monoisotopic (exact) mass is 833 g/mol. The maximum Gasteiger partial charge on any atom is 0.135 e. The molecule has 300 valence electrons. The Morgan fingerprint density at radius 1 is 0.328 bits per heavy atom. The van der Waals surface area contributed by atoms with E-state index in [1.165, 1.54) is 64.7 Å². The zero-order valence-corrected chi connectivity index (χ0v) is 35.6. The van der Waals surface area contributed by atoms with Crippen molar-refractivity contribution in [2.75, 3.05) is 4.90 Å². The van der Waals surface area contributed by atoms with Crippen molar-refractivity contribution in [3.8, 4) is 33.4 Å². The van der Waals surface area contributed by atoms with Gasteiger partial charge >= 0.3 is 0 Å². The molecule has 12 aromatic rings. The number of hydrogen-bond donors (Lipinski definition) is 0. The molecule has 0 unspecified atom stereocenters. The summed E-state index contributed by atoms with van der Waals surface area (Å²) in [5.74, 6) is 0. The van der Waals surface area contributed by atoms with Crippen LogP contribution in [0.5, 0.6) is 0 Å². The number of anilines is 3. The summed E-state index contributed by atoms with van der Waals surface area (Å²) >= 11 is 1.86. The van der Waals surface area contributed by atoms with Gasteiger partial charge in [0.25, 0.3) is 0 Å². The van der Waals surface area contributed by atoms with E-state index < -0.39 is 5.41 Å². The summed E-state index contributed by atoms with van der Waals surface area (Å²) in [6.07, 6.45) is 0. The number of benzene rings is 10. The van der Waals surface area contributed by atoms with E-state index in [-0.39, 0.29) is 0 Å². The number of rotatable bonds is 7. The van der Waals surface area contributed by atoms with Crippen molar-refractivity contribution < 1.29 is 4.42 Å². The smallest absolute Gasteiger partial charge is 0.135 e. The molecule has 0 fully saturated rings. The largest absolute Gasteiger partial charge is 0.456 e. The molecule has 0 radical (unpaired) electrons. The van der Waals surface area contributed by atoms with Crippen LogP contribution in [0.4, 0.5) is 17.1 Å². The van der Waals surface area contributed by atoms with Gasteiger partial charge in [0, 0.05) is 48.0 Å². The molecule has 0 N–H and O–H groups in total. The van der Waals surface area contributed by atoms with Crippen molar-refractivity contribution in [3.05, 3.63) is 259 Å². The van der Waals surface area contributed by atoms with Crippen molar-refractivity contribution in [3.63, 3.8) is 0 Å². The molecule has 1 aliphatic rings. The molecule has 0 bridgehead atoms. The van der Waals surface area contributed by atoms with Gasteiger partial charge in [0.2, 0.25) is 0 Å². The van der Waals surface area contributed by atoms with E-state index in [2.05, 4.69) is 229 Å². The summed E-state index contributed by atoms with van der Waals surface area (Å²) < 4.78 is 8.86. The second-order valence-corrected chi connectivity index (χ2v) is 17.9. The highest BCUT2D eigenvalue weighted by atomic mass is 32.1. The third-order valence-corrected chi connectivity index (χ3v) is 14.5. The van der Waals surface area contributed by atoms with E-state index in [1.54, 1.807) is 0 Å². The molecular weight excluding hydrogens is 795 g/mol. The summed E-state index contributed by atoms with van der Waals surface area (Å²) in [5.41, 5.74) is 16.9. The molecule has 2 nitrogen and oxygen atoms in total. The van der Waals surface area contributed by atoms with Gasteiger partial charge in [-0.05, 0) is 128 Å². The lowest BCUT2D eigenvalue weighted by Crippen LogP contribution is -2.28.